The third-order valence-electron chi connectivity index (χ3n) is 5.62. The van der Waals surface area contributed by atoms with Gasteiger partial charge < -0.3 is 20.1 Å². The number of ether oxygens (including phenoxy) is 2. The second kappa shape index (κ2) is 12.6. The van der Waals surface area contributed by atoms with Crippen molar-refractivity contribution < 1.29 is 32.2 Å². The van der Waals surface area contributed by atoms with Crippen LogP contribution in [0.3, 0.4) is 0 Å². The van der Waals surface area contributed by atoms with E-state index in [4.69, 9.17) is 9.47 Å². The molecule has 1 atom stereocenters. The van der Waals surface area contributed by atoms with Crippen LogP contribution in [0.2, 0.25) is 0 Å². The van der Waals surface area contributed by atoms with Crippen molar-refractivity contribution in [2.75, 3.05) is 19.1 Å². The van der Waals surface area contributed by atoms with Crippen LogP contribution in [0.1, 0.15) is 34.8 Å². The number of benzene rings is 2. The molecular formula is C26H27F3N4O4S. The third-order valence-corrected chi connectivity index (χ3v) is 6.23. The first-order chi connectivity index (χ1) is 18.1. The number of halogens is 3. The molecule has 0 saturated carbocycles. The molecule has 202 valence electrons. The second-order valence-electron chi connectivity index (χ2n) is 8.44. The molecule has 1 unspecified atom stereocenters. The topological polar surface area (TPSA) is 102 Å². The Labute approximate surface area is 222 Å². The van der Waals surface area contributed by atoms with Gasteiger partial charge in [-0.1, -0.05) is 12.1 Å². The molecule has 0 aliphatic heterocycles. The van der Waals surface area contributed by atoms with E-state index in [-0.39, 0.29) is 35.3 Å². The molecule has 0 aliphatic carbocycles. The Balaban J connectivity index is 1.67. The Bertz CT molecular complexity index is 1240. The Morgan fingerprint density at radius 1 is 1.03 bits per heavy atom. The van der Waals surface area contributed by atoms with Crippen molar-refractivity contribution >= 4 is 23.6 Å². The smallest absolute Gasteiger partial charge is 0.420 e. The van der Waals surface area contributed by atoms with Crippen molar-refractivity contribution in [3.8, 4) is 17.2 Å². The van der Waals surface area contributed by atoms with Crippen LogP contribution in [0.4, 0.5) is 13.2 Å². The summed E-state index contributed by atoms with van der Waals surface area (Å²) >= 11 is 1.54. The number of methoxy groups -OCH3 is 1. The van der Waals surface area contributed by atoms with Crippen LogP contribution in [0.5, 0.6) is 17.2 Å². The summed E-state index contributed by atoms with van der Waals surface area (Å²) in [5.41, 5.74) is -1.23. The third kappa shape index (κ3) is 7.60. The lowest BCUT2D eigenvalue weighted by Crippen LogP contribution is -2.57. The average molecular weight is 549 g/mol. The molecule has 2 amide bonds. The van der Waals surface area contributed by atoms with Gasteiger partial charge in [0.2, 0.25) is 5.91 Å². The van der Waals surface area contributed by atoms with Gasteiger partial charge in [-0.3, -0.25) is 9.59 Å². The summed E-state index contributed by atoms with van der Waals surface area (Å²) in [6.45, 7) is 1.78. The maximum Gasteiger partial charge on any atom is 0.420 e. The summed E-state index contributed by atoms with van der Waals surface area (Å²) in [6, 6.07) is 9.73. The molecule has 8 nitrogen and oxygen atoms in total. The highest BCUT2D eigenvalue weighted by molar-refractivity contribution is 7.98. The number of alkyl halides is 3. The molecular weight excluding hydrogens is 521 g/mol. The normalized spacial score (nSPS) is 12.8. The zero-order valence-electron chi connectivity index (χ0n) is 21.0. The lowest BCUT2D eigenvalue weighted by atomic mass is 9.96. The van der Waals surface area contributed by atoms with Gasteiger partial charge >= 0.3 is 6.18 Å². The number of carbonyl (C=O) groups excluding carboxylic acids is 2. The van der Waals surface area contributed by atoms with E-state index in [0.29, 0.717) is 17.7 Å². The van der Waals surface area contributed by atoms with E-state index in [9.17, 15) is 22.8 Å². The van der Waals surface area contributed by atoms with E-state index >= 15 is 0 Å². The lowest BCUT2D eigenvalue weighted by Gasteiger charge is -2.29. The first-order valence-electron chi connectivity index (χ1n) is 11.4. The molecule has 0 fully saturated rings. The molecule has 0 aliphatic rings. The van der Waals surface area contributed by atoms with Crippen molar-refractivity contribution in [1.82, 2.24) is 20.6 Å². The first-order valence-corrected chi connectivity index (χ1v) is 12.8. The van der Waals surface area contributed by atoms with E-state index < -0.39 is 23.2 Å². The van der Waals surface area contributed by atoms with E-state index in [0.717, 1.165) is 6.07 Å². The number of rotatable bonds is 11. The summed E-state index contributed by atoms with van der Waals surface area (Å²) < 4.78 is 50.7. The lowest BCUT2D eigenvalue weighted by molar-refractivity contribution is -0.138. The van der Waals surface area contributed by atoms with Gasteiger partial charge in [0.05, 0.1) is 12.7 Å². The van der Waals surface area contributed by atoms with Crippen LogP contribution in [-0.4, -0.2) is 46.4 Å². The molecule has 2 aromatic carbocycles. The summed E-state index contributed by atoms with van der Waals surface area (Å²) in [6.07, 6.45) is 1.69. The van der Waals surface area contributed by atoms with Crippen LogP contribution in [0.25, 0.3) is 0 Å². The quantitative estimate of drug-likeness (QED) is 0.353. The molecule has 0 radical (unpaired) electrons. The highest BCUT2D eigenvalue weighted by Crippen LogP contribution is 2.40. The molecule has 3 rings (SSSR count). The van der Waals surface area contributed by atoms with Gasteiger partial charge in [-0.15, -0.1) is 0 Å². The predicted octanol–water partition coefficient (Wildman–Crippen LogP) is 4.85. The minimum Gasteiger partial charge on any atom is -0.497 e. The van der Waals surface area contributed by atoms with Gasteiger partial charge in [0.1, 0.15) is 34.7 Å². The number of thioether (sulfide) groups is 1. The Kier molecular flexibility index (Phi) is 9.56. The van der Waals surface area contributed by atoms with Crippen LogP contribution in [0, 0.1) is 0 Å². The fourth-order valence-corrected chi connectivity index (χ4v) is 4.02. The van der Waals surface area contributed by atoms with Gasteiger partial charge in [-0.25, -0.2) is 9.97 Å². The molecule has 1 aromatic heterocycles. The molecule has 0 spiro atoms. The SMILES string of the molecule is COc1ccc(Oc2ccc(CNC(=O)C(C)(CCSC)NC(=O)c3cncnc3)cc2)c(C(F)(F)F)c1. The van der Waals surface area contributed by atoms with Gasteiger partial charge in [-0.05, 0) is 61.2 Å². The van der Waals surface area contributed by atoms with Crippen molar-refractivity contribution in [2.24, 2.45) is 0 Å². The van der Waals surface area contributed by atoms with E-state index in [1.807, 2.05) is 6.26 Å². The number of nitrogens with zero attached hydrogens (tertiary/aromatic N) is 2. The minimum absolute atomic E-state index is 0.0635. The van der Waals surface area contributed by atoms with Gasteiger partial charge in [0, 0.05) is 18.9 Å². The molecule has 38 heavy (non-hydrogen) atoms. The van der Waals surface area contributed by atoms with E-state index in [2.05, 4.69) is 20.6 Å². The second-order valence-corrected chi connectivity index (χ2v) is 9.43. The molecule has 1 heterocycles. The first kappa shape index (κ1) is 28.8. The van der Waals surface area contributed by atoms with E-state index in [1.54, 1.807) is 30.8 Å². The largest absolute Gasteiger partial charge is 0.497 e. The van der Waals surface area contributed by atoms with Crippen molar-refractivity contribution in [3.63, 3.8) is 0 Å². The molecule has 0 bridgehead atoms. The number of hydrogen-bond acceptors (Lipinski definition) is 7. The highest BCUT2D eigenvalue weighted by atomic mass is 32.2. The van der Waals surface area contributed by atoms with Crippen molar-refractivity contribution in [3.05, 3.63) is 77.9 Å². The Morgan fingerprint density at radius 2 is 1.68 bits per heavy atom. The summed E-state index contributed by atoms with van der Waals surface area (Å²) in [7, 11) is 1.28. The molecule has 12 heteroatoms. The monoisotopic (exact) mass is 548 g/mol. The number of amides is 2. The minimum atomic E-state index is -4.63. The van der Waals surface area contributed by atoms with Gasteiger partial charge in [-0.2, -0.15) is 24.9 Å². The van der Waals surface area contributed by atoms with Gasteiger partial charge in [0.25, 0.3) is 5.91 Å². The fraction of sp³-hybridized carbons (Fsp3) is 0.308. The summed E-state index contributed by atoms with van der Waals surface area (Å²) in [5, 5.41) is 5.60. The maximum absolute atomic E-state index is 13.4. The number of nitrogens with one attached hydrogen (secondary N) is 2. The molecule has 2 N–H and O–H groups in total. The van der Waals surface area contributed by atoms with Crippen LogP contribution < -0.4 is 20.1 Å². The van der Waals surface area contributed by atoms with Crippen molar-refractivity contribution in [1.29, 1.82) is 0 Å². The van der Waals surface area contributed by atoms with Crippen molar-refractivity contribution in [2.45, 2.75) is 31.6 Å². The maximum atomic E-state index is 13.4. The molecule has 3 aromatic rings. The summed E-state index contributed by atoms with van der Waals surface area (Å²) in [5.74, 6) is -0.324. The highest BCUT2D eigenvalue weighted by Gasteiger charge is 2.36. The molecule has 0 saturated heterocycles. The van der Waals surface area contributed by atoms with Gasteiger partial charge in [0.15, 0.2) is 0 Å². The zero-order chi connectivity index (χ0) is 27.8. The number of carbonyl (C=O) groups is 2. The van der Waals surface area contributed by atoms with E-state index in [1.165, 1.54) is 50.1 Å². The Morgan fingerprint density at radius 3 is 2.29 bits per heavy atom. The number of hydrogen-bond donors (Lipinski definition) is 2. The van der Waals surface area contributed by atoms with Crippen LogP contribution >= 0.6 is 11.8 Å². The number of aromatic nitrogens is 2. The van der Waals surface area contributed by atoms with Crippen LogP contribution in [0.15, 0.2) is 61.2 Å². The Hall–Kier alpha value is -3.80. The zero-order valence-corrected chi connectivity index (χ0v) is 21.8. The predicted molar refractivity (Wildman–Crippen MR) is 137 cm³/mol. The fourth-order valence-electron chi connectivity index (χ4n) is 3.40. The average Bonchev–Trinajstić information content (AvgIpc) is 2.91. The van der Waals surface area contributed by atoms with Crippen LogP contribution in [-0.2, 0) is 17.5 Å². The standard InChI is InChI=1S/C26H27F3N4O4S/c1-25(10-11-38-3,33-23(34)18-14-30-16-31-15-18)24(35)32-13-17-4-6-19(7-5-17)37-22-9-8-20(36-2)12-21(22)26(27,28)29/h4-9,12,14-16H,10-11,13H2,1-3H3,(H,32,35)(H,33,34). The summed E-state index contributed by atoms with van der Waals surface area (Å²) in [4.78, 5) is 33.4.